The Morgan fingerprint density at radius 2 is 1.89 bits per heavy atom. The average Bonchev–Trinajstić information content (AvgIpc) is 2.69. The molecular weight excluding hydrogens is 344 g/mol. The number of carbonyl (C=O) groups is 2. The molecule has 0 spiro atoms. The normalized spacial score (nSPS) is 19.7. The van der Waals surface area contributed by atoms with Gasteiger partial charge >= 0.3 is 0 Å². The Bertz CT molecular complexity index is 809. The lowest BCUT2D eigenvalue weighted by Gasteiger charge is -2.40. The number of nitrogens with zero attached hydrogens (tertiary/aromatic N) is 1. The zero-order chi connectivity index (χ0) is 19.3. The van der Waals surface area contributed by atoms with Gasteiger partial charge in [-0.1, -0.05) is 54.6 Å². The van der Waals surface area contributed by atoms with E-state index in [0.29, 0.717) is 13.0 Å². The minimum atomic E-state index is -1.24. The zero-order valence-corrected chi connectivity index (χ0v) is 15.4. The number of methoxy groups -OCH3 is 1. The molecule has 27 heavy (non-hydrogen) atoms. The summed E-state index contributed by atoms with van der Waals surface area (Å²) in [5.74, 6) is -0.744. The van der Waals surface area contributed by atoms with E-state index in [4.69, 9.17) is 15.2 Å². The highest BCUT2D eigenvalue weighted by Gasteiger charge is 2.43. The van der Waals surface area contributed by atoms with Crippen LogP contribution in [-0.2, 0) is 25.5 Å². The van der Waals surface area contributed by atoms with Gasteiger partial charge in [0.25, 0.3) is 5.91 Å². The number of carbonyl (C=O) groups excluding carboxylic acids is 2. The predicted molar refractivity (Wildman–Crippen MR) is 102 cm³/mol. The van der Waals surface area contributed by atoms with Gasteiger partial charge in [0.15, 0.2) is 5.60 Å². The van der Waals surface area contributed by atoms with Gasteiger partial charge in [0, 0.05) is 20.1 Å². The Morgan fingerprint density at radius 3 is 2.59 bits per heavy atom. The fourth-order valence-electron chi connectivity index (χ4n) is 3.38. The smallest absolute Gasteiger partial charge is 0.251 e. The average molecular weight is 368 g/mol. The molecule has 6 nitrogen and oxygen atoms in total. The number of amides is 2. The van der Waals surface area contributed by atoms with Crippen molar-refractivity contribution in [2.45, 2.75) is 12.0 Å². The highest BCUT2D eigenvalue weighted by atomic mass is 16.5. The molecule has 2 amide bonds. The first-order valence-electron chi connectivity index (χ1n) is 8.89. The summed E-state index contributed by atoms with van der Waals surface area (Å²) in [6.07, 6.45) is 0.305. The van der Waals surface area contributed by atoms with Gasteiger partial charge in [-0.05, 0) is 16.7 Å². The maximum atomic E-state index is 12.3. The Kier molecular flexibility index (Phi) is 5.88. The maximum absolute atomic E-state index is 12.3. The molecule has 0 radical (unpaired) electrons. The van der Waals surface area contributed by atoms with Crippen molar-refractivity contribution in [2.24, 2.45) is 5.73 Å². The van der Waals surface area contributed by atoms with Crippen molar-refractivity contribution in [2.75, 3.05) is 33.4 Å². The molecule has 2 N–H and O–H groups in total. The molecule has 1 saturated heterocycles. The number of nitrogens with two attached hydrogens (primary N) is 1. The second-order valence-electron chi connectivity index (χ2n) is 6.70. The summed E-state index contributed by atoms with van der Waals surface area (Å²) in [5.41, 5.74) is 7.53. The van der Waals surface area contributed by atoms with Gasteiger partial charge in [0.1, 0.15) is 6.61 Å². The van der Waals surface area contributed by atoms with E-state index < -0.39 is 11.5 Å². The molecule has 0 aliphatic carbocycles. The van der Waals surface area contributed by atoms with Crippen LogP contribution in [0.25, 0.3) is 11.1 Å². The molecule has 3 rings (SSSR count). The molecule has 0 bridgehead atoms. The summed E-state index contributed by atoms with van der Waals surface area (Å²) in [6.45, 7) is 0.774. The third-order valence-electron chi connectivity index (χ3n) is 4.78. The van der Waals surface area contributed by atoms with Crippen molar-refractivity contribution < 1.29 is 19.1 Å². The van der Waals surface area contributed by atoms with E-state index in [1.165, 1.54) is 7.11 Å². The van der Waals surface area contributed by atoms with E-state index in [9.17, 15) is 9.59 Å². The molecule has 6 heteroatoms. The van der Waals surface area contributed by atoms with Gasteiger partial charge < -0.3 is 20.1 Å². The van der Waals surface area contributed by atoms with Crippen molar-refractivity contribution in [3.05, 3.63) is 60.2 Å². The van der Waals surface area contributed by atoms with Crippen molar-refractivity contribution in [1.82, 2.24) is 4.90 Å². The number of hydrogen-bond donors (Lipinski definition) is 1. The van der Waals surface area contributed by atoms with Gasteiger partial charge in [-0.3, -0.25) is 9.59 Å². The number of hydrogen-bond acceptors (Lipinski definition) is 4. The van der Waals surface area contributed by atoms with Crippen molar-refractivity contribution in [3.8, 4) is 11.1 Å². The largest absolute Gasteiger partial charge is 0.375 e. The molecule has 1 atom stereocenters. The molecule has 2 aromatic rings. The monoisotopic (exact) mass is 368 g/mol. The standard InChI is InChI=1S/C21H24N2O4/c1-26-14-19(24)23-10-11-27-21(15-23,20(22)25)13-16-6-5-9-18(12-16)17-7-3-2-4-8-17/h2-9,12H,10-11,13-15H2,1H3,(H2,22,25)/t21-/m0/s1. The number of morpholine rings is 1. The molecule has 2 aromatic carbocycles. The summed E-state index contributed by atoms with van der Waals surface area (Å²) in [6, 6.07) is 17.9. The van der Waals surface area contributed by atoms with Crippen molar-refractivity contribution in [1.29, 1.82) is 0 Å². The van der Waals surface area contributed by atoms with Crippen LogP contribution in [-0.4, -0.2) is 55.7 Å². The maximum Gasteiger partial charge on any atom is 0.251 e. The van der Waals surface area contributed by atoms with Gasteiger partial charge in [0.2, 0.25) is 5.91 Å². The quantitative estimate of drug-likeness (QED) is 0.840. The zero-order valence-electron chi connectivity index (χ0n) is 15.4. The van der Waals surface area contributed by atoms with Gasteiger partial charge in [-0.15, -0.1) is 0 Å². The SMILES string of the molecule is COCC(=O)N1CCO[C@](Cc2cccc(-c3ccccc3)c2)(C(N)=O)C1. The third kappa shape index (κ3) is 4.35. The second-order valence-corrected chi connectivity index (χ2v) is 6.70. The topological polar surface area (TPSA) is 81.9 Å². The summed E-state index contributed by atoms with van der Waals surface area (Å²) in [7, 11) is 1.47. The van der Waals surface area contributed by atoms with Crippen molar-refractivity contribution >= 4 is 11.8 Å². The van der Waals surface area contributed by atoms with Crippen LogP contribution in [0.5, 0.6) is 0 Å². The molecule has 1 fully saturated rings. The Balaban J connectivity index is 1.84. The molecular formula is C21H24N2O4. The summed E-state index contributed by atoms with van der Waals surface area (Å²) < 4.78 is 10.7. The van der Waals surface area contributed by atoms with Crippen LogP contribution in [0, 0.1) is 0 Å². The van der Waals surface area contributed by atoms with Crippen LogP contribution < -0.4 is 5.73 Å². The van der Waals surface area contributed by atoms with Crippen LogP contribution in [0.15, 0.2) is 54.6 Å². The first-order chi connectivity index (χ1) is 13.0. The van der Waals surface area contributed by atoms with Crippen LogP contribution in [0.1, 0.15) is 5.56 Å². The van der Waals surface area contributed by atoms with Gasteiger partial charge in [-0.25, -0.2) is 0 Å². The lowest BCUT2D eigenvalue weighted by Crippen LogP contribution is -2.61. The second kappa shape index (κ2) is 8.33. The molecule has 142 valence electrons. The molecule has 0 unspecified atom stereocenters. The van der Waals surface area contributed by atoms with Gasteiger partial charge in [0.05, 0.1) is 13.2 Å². The first-order valence-corrected chi connectivity index (χ1v) is 8.89. The minimum absolute atomic E-state index is 0.0294. The Morgan fingerprint density at radius 1 is 1.15 bits per heavy atom. The molecule has 0 aromatic heterocycles. The number of primary amides is 1. The summed E-state index contributed by atoms with van der Waals surface area (Å²) >= 11 is 0. The number of benzene rings is 2. The first kappa shape index (κ1) is 19.1. The summed E-state index contributed by atoms with van der Waals surface area (Å²) in [5, 5.41) is 0. The van der Waals surface area contributed by atoms with Crippen LogP contribution >= 0.6 is 0 Å². The van der Waals surface area contributed by atoms with Crippen LogP contribution in [0.4, 0.5) is 0 Å². The molecule has 1 aliphatic rings. The van der Waals surface area contributed by atoms with E-state index in [2.05, 4.69) is 0 Å². The number of rotatable bonds is 6. The summed E-state index contributed by atoms with van der Waals surface area (Å²) in [4.78, 5) is 26.1. The van der Waals surface area contributed by atoms with E-state index in [0.717, 1.165) is 16.7 Å². The minimum Gasteiger partial charge on any atom is -0.375 e. The van der Waals surface area contributed by atoms with Crippen molar-refractivity contribution in [3.63, 3.8) is 0 Å². The molecule has 0 saturated carbocycles. The highest BCUT2D eigenvalue weighted by molar-refractivity contribution is 5.86. The molecule has 1 heterocycles. The fourth-order valence-corrected chi connectivity index (χ4v) is 3.38. The van der Waals surface area contributed by atoms with Gasteiger partial charge in [-0.2, -0.15) is 0 Å². The molecule has 1 aliphatic heterocycles. The van der Waals surface area contributed by atoms with E-state index in [-0.39, 0.29) is 25.7 Å². The lowest BCUT2D eigenvalue weighted by molar-refractivity contribution is -0.165. The Labute approximate surface area is 158 Å². The number of ether oxygens (including phenoxy) is 2. The van der Waals surface area contributed by atoms with Crippen LogP contribution in [0.2, 0.25) is 0 Å². The van der Waals surface area contributed by atoms with E-state index in [1.54, 1.807) is 4.90 Å². The fraction of sp³-hybridized carbons (Fsp3) is 0.333. The van der Waals surface area contributed by atoms with E-state index in [1.807, 2.05) is 54.6 Å². The third-order valence-corrected chi connectivity index (χ3v) is 4.78. The predicted octanol–water partition coefficient (Wildman–Crippen LogP) is 1.63. The van der Waals surface area contributed by atoms with E-state index >= 15 is 0 Å². The Hall–Kier alpha value is -2.70. The highest BCUT2D eigenvalue weighted by Crippen LogP contribution is 2.26. The lowest BCUT2D eigenvalue weighted by atomic mass is 9.90. The van der Waals surface area contributed by atoms with Crippen LogP contribution in [0.3, 0.4) is 0 Å².